The van der Waals surface area contributed by atoms with Crippen LogP contribution >= 0.6 is 0 Å². The summed E-state index contributed by atoms with van der Waals surface area (Å²) in [5, 5.41) is 2.83. The van der Waals surface area contributed by atoms with E-state index < -0.39 is 0 Å². The van der Waals surface area contributed by atoms with Crippen LogP contribution in [0.2, 0.25) is 6.04 Å². The van der Waals surface area contributed by atoms with E-state index in [4.69, 9.17) is 0 Å². The van der Waals surface area contributed by atoms with Crippen molar-refractivity contribution in [2.45, 2.75) is 25.8 Å². The molecule has 0 spiro atoms. The molecule has 0 aromatic carbocycles. The van der Waals surface area contributed by atoms with Gasteiger partial charge in [0.05, 0.1) is 0 Å². The maximum absolute atomic E-state index is 10.6. The third kappa shape index (κ3) is 5.56. The van der Waals surface area contributed by atoms with Crippen LogP contribution < -0.4 is 5.32 Å². The Labute approximate surface area is 59.4 Å². The van der Waals surface area contributed by atoms with Gasteiger partial charge in [0.1, 0.15) is 0 Å². The van der Waals surface area contributed by atoms with Crippen LogP contribution in [0.15, 0.2) is 0 Å². The van der Waals surface area contributed by atoms with E-state index in [0.29, 0.717) is 0 Å². The summed E-state index contributed by atoms with van der Waals surface area (Å²) in [4.78, 5) is 10.6. The van der Waals surface area contributed by atoms with Crippen LogP contribution in [0.4, 0.5) is 0 Å². The lowest BCUT2D eigenvalue weighted by molar-refractivity contribution is -0.118. The Morgan fingerprint density at radius 2 is 2.33 bits per heavy atom. The molecule has 0 atom stereocenters. The van der Waals surface area contributed by atoms with Gasteiger partial charge in [-0.05, 0) is 6.42 Å². The molecule has 0 rings (SSSR count). The number of rotatable bonds is 4. The van der Waals surface area contributed by atoms with Gasteiger partial charge >= 0.3 is 0 Å². The first-order valence-electron chi connectivity index (χ1n) is 3.58. The van der Waals surface area contributed by atoms with E-state index in [2.05, 4.69) is 12.2 Å². The van der Waals surface area contributed by atoms with E-state index in [9.17, 15) is 4.79 Å². The fourth-order valence-electron chi connectivity index (χ4n) is 0.530. The summed E-state index contributed by atoms with van der Waals surface area (Å²) in [5.41, 5.74) is 0. The topological polar surface area (TPSA) is 29.1 Å². The van der Waals surface area contributed by atoms with Crippen LogP contribution in [-0.2, 0) is 4.79 Å². The van der Waals surface area contributed by atoms with Crippen LogP contribution in [-0.4, -0.2) is 22.7 Å². The molecule has 0 saturated heterocycles. The van der Waals surface area contributed by atoms with Gasteiger partial charge in [0.2, 0.25) is 5.91 Å². The minimum absolute atomic E-state index is 0.218. The largest absolute Gasteiger partial charge is 0.356 e. The second-order valence-electron chi connectivity index (χ2n) is 2.06. The van der Waals surface area contributed by atoms with Gasteiger partial charge in [-0.15, -0.1) is 0 Å². The van der Waals surface area contributed by atoms with Gasteiger partial charge in [0, 0.05) is 22.8 Å². The van der Waals surface area contributed by atoms with Gasteiger partial charge in [-0.1, -0.05) is 13.3 Å². The summed E-state index contributed by atoms with van der Waals surface area (Å²) in [5.74, 6) is 0.218. The molecule has 0 aliphatic heterocycles. The third-order valence-corrected chi connectivity index (χ3v) is 1.82. The van der Waals surface area contributed by atoms with E-state index in [1.807, 2.05) is 0 Å². The van der Waals surface area contributed by atoms with Gasteiger partial charge < -0.3 is 5.32 Å². The number of carbonyl (C=O) groups is 1. The van der Waals surface area contributed by atoms with Gasteiger partial charge in [-0.25, -0.2) is 0 Å². The average molecular weight is 145 g/mol. The summed E-state index contributed by atoms with van der Waals surface area (Å²) >= 11 is 0. The van der Waals surface area contributed by atoms with Crippen molar-refractivity contribution in [2.24, 2.45) is 0 Å². The van der Waals surface area contributed by atoms with Crippen LogP contribution in [0.25, 0.3) is 0 Å². The van der Waals surface area contributed by atoms with Crippen molar-refractivity contribution in [1.82, 2.24) is 5.32 Å². The minimum atomic E-state index is 0.218. The quantitative estimate of drug-likeness (QED) is 0.426. The molecule has 54 valence electrons. The number of nitrogens with one attached hydrogen (secondary N) is 1. The molecule has 1 amide bonds. The number of unbranched alkanes of at least 4 members (excludes halogenated alkanes) is 1. The number of carbonyl (C=O) groups excluding carboxylic acids is 1. The first kappa shape index (κ1) is 8.69. The molecule has 3 heteroatoms. The van der Waals surface area contributed by atoms with Crippen molar-refractivity contribution in [2.75, 3.05) is 6.54 Å². The lowest BCUT2D eigenvalue weighted by Gasteiger charge is -1.99. The van der Waals surface area contributed by atoms with Crippen LogP contribution in [0, 0.1) is 0 Å². The number of hydrogen-bond donors (Lipinski definition) is 1. The normalized spacial score (nSPS) is 9.44. The van der Waals surface area contributed by atoms with Crippen LogP contribution in [0.3, 0.4) is 0 Å². The highest BCUT2D eigenvalue weighted by Gasteiger charge is 1.91. The maximum atomic E-state index is 10.6. The van der Waals surface area contributed by atoms with E-state index in [0.717, 1.165) is 35.7 Å². The summed E-state index contributed by atoms with van der Waals surface area (Å²) in [6, 6.07) is 0.740. The van der Waals surface area contributed by atoms with Crippen molar-refractivity contribution in [3.63, 3.8) is 0 Å². The summed E-state index contributed by atoms with van der Waals surface area (Å²) < 4.78 is 0. The fourth-order valence-corrected chi connectivity index (χ4v) is 0.780. The van der Waals surface area contributed by atoms with Crippen molar-refractivity contribution < 1.29 is 4.79 Å². The second-order valence-corrected chi connectivity index (χ2v) is 2.76. The van der Waals surface area contributed by atoms with Crippen molar-refractivity contribution in [3.05, 3.63) is 0 Å². The van der Waals surface area contributed by atoms with Crippen LogP contribution in [0.1, 0.15) is 19.8 Å². The average Bonchev–Trinajstić information content (AvgIpc) is 1.89. The van der Waals surface area contributed by atoms with Gasteiger partial charge in [-0.3, -0.25) is 4.79 Å². The molecule has 0 saturated carbocycles. The molecule has 0 bridgehead atoms. The highest BCUT2D eigenvalue weighted by atomic mass is 28.1. The summed E-state index contributed by atoms with van der Waals surface area (Å²) in [7, 11) is 0.979. The molecular weight excluding hydrogens is 130 g/mol. The predicted molar refractivity (Wildman–Crippen MR) is 42.7 cm³/mol. The molecule has 0 heterocycles. The second kappa shape index (κ2) is 5.82. The lowest BCUT2D eigenvalue weighted by atomic mass is 10.3. The highest BCUT2D eigenvalue weighted by Crippen LogP contribution is 1.82. The monoisotopic (exact) mass is 145 g/mol. The Kier molecular flexibility index (Phi) is 5.61. The first-order valence-corrected chi connectivity index (χ1v) is 4.99. The zero-order valence-corrected chi connectivity index (χ0v) is 8.24. The van der Waals surface area contributed by atoms with Crippen molar-refractivity contribution in [3.8, 4) is 0 Å². The Bertz CT molecular complexity index is 85.1. The van der Waals surface area contributed by atoms with Crippen LogP contribution in [0.5, 0.6) is 0 Å². The van der Waals surface area contributed by atoms with Gasteiger partial charge in [0.25, 0.3) is 0 Å². The smallest absolute Gasteiger partial charge is 0.216 e. The first-order chi connectivity index (χ1) is 4.31. The minimum Gasteiger partial charge on any atom is -0.356 e. The molecule has 0 aromatic heterocycles. The summed E-state index contributed by atoms with van der Waals surface area (Å²) in [6.45, 7) is 2.98. The Morgan fingerprint density at radius 3 is 2.78 bits per heavy atom. The van der Waals surface area contributed by atoms with Gasteiger partial charge in [0.15, 0.2) is 0 Å². The predicted octanol–water partition coefficient (Wildman–Crippen LogP) is -0.314. The Balaban J connectivity index is 2.97. The fraction of sp³-hybridized carbons (Fsp3) is 0.833. The molecule has 0 radical (unpaired) electrons. The SMILES string of the molecule is CCCCNC(=O)C[SiH3]. The van der Waals surface area contributed by atoms with E-state index in [1.165, 1.54) is 0 Å². The Hall–Kier alpha value is -0.313. The molecule has 0 aromatic rings. The molecule has 2 nitrogen and oxygen atoms in total. The zero-order chi connectivity index (χ0) is 7.11. The van der Waals surface area contributed by atoms with E-state index in [-0.39, 0.29) is 5.91 Å². The number of amides is 1. The van der Waals surface area contributed by atoms with E-state index in [1.54, 1.807) is 0 Å². The molecule has 9 heavy (non-hydrogen) atoms. The molecule has 0 aliphatic carbocycles. The van der Waals surface area contributed by atoms with E-state index >= 15 is 0 Å². The molecule has 0 fully saturated rings. The zero-order valence-electron chi connectivity index (χ0n) is 6.24. The van der Waals surface area contributed by atoms with Crippen molar-refractivity contribution in [1.29, 1.82) is 0 Å². The lowest BCUT2D eigenvalue weighted by Crippen LogP contribution is -2.23. The molecule has 1 N–H and O–H groups in total. The molecule has 0 aliphatic rings. The number of hydrogen-bond acceptors (Lipinski definition) is 1. The van der Waals surface area contributed by atoms with Gasteiger partial charge in [-0.2, -0.15) is 0 Å². The van der Waals surface area contributed by atoms with Crippen molar-refractivity contribution >= 4 is 16.1 Å². The summed E-state index contributed by atoms with van der Waals surface area (Å²) in [6.07, 6.45) is 2.26. The Morgan fingerprint density at radius 1 is 1.67 bits per heavy atom. The molecule has 0 unspecified atom stereocenters. The standard InChI is InChI=1S/C6H15NOSi/c1-2-3-4-7-6(8)5-9/h2-5H2,1,9H3,(H,7,8). The highest BCUT2D eigenvalue weighted by molar-refractivity contribution is 6.19. The third-order valence-electron chi connectivity index (χ3n) is 1.17. The molecular formula is C6H15NOSi. The maximum Gasteiger partial charge on any atom is 0.216 e.